The van der Waals surface area contributed by atoms with E-state index >= 15 is 0 Å². The Hall–Kier alpha value is -2.11. The number of ether oxygens (including phenoxy) is 2. The molecule has 2 saturated heterocycles. The van der Waals surface area contributed by atoms with Crippen molar-refractivity contribution in [3.63, 3.8) is 0 Å². The number of rotatable bonds is 3. The molecule has 5 nitrogen and oxygen atoms in total. The number of hydrogen-bond donors (Lipinski definition) is 0. The van der Waals surface area contributed by atoms with Crippen LogP contribution >= 0.6 is 0 Å². The molecule has 0 aliphatic carbocycles. The van der Waals surface area contributed by atoms with E-state index in [9.17, 15) is 4.79 Å². The van der Waals surface area contributed by atoms with Crippen molar-refractivity contribution < 1.29 is 14.3 Å². The number of carbonyl (C=O) groups excluding carboxylic acids is 1. The molecule has 1 amide bonds. The van der Waals surface area contributed by atoms with E-state index in [1.165, 1.54) is 5.56 Å². The van der Waals surface area contributed by atoms with Gasteiger partial charge < -0.3 is 18.9 Å². The largest absolute Gasteiger partial charge is 0.347 e. The predicted molar refractivity (Wildman–Crippen MR) is 109 cm³/mol. The molecule has 0 saturated carbocycles. The maximum absolute atomic E-state index is 13.2. The molecule has 2 fully saturated rings. The summed E-state index contributed by atoms with van der Waals surface area (Å²) >= 11 is 0. The fraction of sp³-hybridized carbons (Fsp3) is 0.522. The van der Waals surface area contributed by atoms with Crippen LogP contribution in [0.25, 0.3) is 5.69 Å². The van der Waals surface area contributed by atoms with Gasteiger partial charge in [-0.25, -0.2) is 0 Å². The average molecular weight is 383 g/mol. The lowest BCUT2D eigenvalue weighted by Crippen LogP contribution is -2.47. The quantitative estimate of drug-likeness (QED) is 0.799. The summed E-state index contributed by atoms with van der Waals surface area (Å²) in [5.74, 6) is 0.121. The Balaban J connectivity index is 1.57. The number of hydrogen-bond acceptors (Lipinski definition) is 3. The SMILES string of the molecule is Cc1cc(C(=O)N2CCC3(CC2)OCCO3)c(C)n1-c1cccc(C(C)C)c1. The van der Waals surface area contributed by atoms with Crippen LogP contribution in [-0.2, 0) is 9.47 Å². The number of aromatic nitrogens is 1. The first-order valence-corrected chi connectivity index (χ1v) is 10.3. The van der Waals surface area contributed by atoms with Crippen LogP contribution in [0, 0.1) is 13.8 Å². The molecule has 0 unspecified atom stereocenters. The zero-order valence-corrected chi connectivity index (χ0v) is 17.3. The summed E-state index contributed by atoms with van der Waals surface area (Å²) in [6.07, 6.45) is 1.49. The van der Waals surface area contributed by atoms with Gasteiger partial charge in [0.1, 0.15) is 0 Å². The molecule has 0 radical (unpaired) electrons. The molecule has 0 atom stereocenters. The molecule has 1 aromatic heterocycles. The van der Waals surface area contributed by atoms with Crippen molar-refractivity contribution in [2.24, 2.45) is 0 Å². The molecule has 2 aliphatic rings. The third-order valence-electron chi connectivity index (χ3n) is 6.08. The number of nitrogens with zero attached hydrogens (tertiary/aromatic N) is 2. The number of carbonyl (C=O) groups is 1. The Labute approximate surface area is 167 Å². The topological polar surface area (TPSA) is 43.7 Å². The lowest BCUT2D eigenvalue weighted by molar-refractivity contribution is -0.181. The predicted octanol–water partition coefficient (Wildman–Crippen LogP) is 4.20. The van der Waals surface area contributed by atoms with Gasteiger partial charge in [-0.2, -0.15) is 0 Å². The van der Waals surface area contributed by atoms with Crippen LogP contribution in [-0.4, -0.2) is 47.5 Å². The molecule has 1 spiro atoms. The molecule has 150 valence electrons. The highest BCUT2D eigenvalue weighted by Gasteiger charge is 2.41. The van der Waals surface area contributed by atoms with E-state index in [4.69, 9.17) is 9.47 Å². The van der Waals surface area contributed by atoms with Crippen molar-refractivity contribution in [3.05, 3.63) is 52.8 Å². The molecule has 0 N–H and O–H groups in total. The first-order chi connectivity index (χ1) is 13.4. The maximum atomic E-state index is 13.2. The Morgan fingerprint density at radius 1 is 1.07 bits per heavy atom. The Bertz CT molecular complexity index is 868. The summed E-state index contributed by atoms with van der Waals surface area (Å²) in [6, 6.07) is 10.6. The summed E-state index contributed by atoms with van der Waals surface area (Å²) in [5.41, 5.74) is 5.28. The van der Waals surface area contributed by atoms with Crippen molar-refractivity contribution in [3.8, 4) is 5.69 Å². The summed E-state index contributed by atoms with van der Waals surface area (Å²) in [6.45, 7) is 11.2. The fourth-order valence-corrected chi connectivity index (χ4v) is 4.41. The fourth-order valence-electron chi connectivity index (χ4n) is 4.41. The first-order valence-electron chi connectivity index (χ1n) is 10.3. The number of piperidine rings is 1. The van der Waals surface area contributed by atoms with Gasteiger partial charge in [0.25, 0.3) is 5.91 Å². The van der Waals surface area contributed by atoms with Crippen molar-refractivity contribution in [1.82, 2.24) is 9.47 Å². The molecule has 0 bridgehead atoms. The number of benzene rings is 1. The second kappa shape index (κ2) is 7.37. The second-order valence-electron chi connectivity index (χ2n) is 8.27. The Morgan fingerprint density at radius 3 is 2.39 bits per heavy atom. The highest BCUT2D eigenvalue weighted by Crippen LogP contribution is 2.32. The lowest BCUT2D eigenvalue weighted by Gasteiger charge is -2.37. The minimum absolute atomic E-state index is 0.104. The molecule has 1 aromatic carbocycles. The van der Waals surface area contributed by atoms with Gasteiger partial charge in [-0.3, -0.25) is 4.79 Å². The van der Waals surface area contributed by atoms with Crippen LogP contribution in [0.2, 0.25) is 0 Å². The van der Waals surface area contributed by atoms with Crippen LogP contribution in [0.15, 0.2) is 30.3 Å². The summed E-state index contributed by atoms with van der Waals surface area (Å²) in [5, 5.41) is 0. The minimum atomic E-state index is -0.453. The van der Waals surface area contributed by atoms with Crippen LogP contribution in [0.4, 0.5) is 0 Å². The summed E-state index contributed by atoms with van der Waals surface area (Å²) < 4.78 is 13.8. The van der Waals surface area contributed by atoms with Gasteiger partial charge in [0.05, 0.1) is 18.8 Å². The molecular weight excluding hydrogens is 352 g/mol. The lowest BCUT2D eigenvalue weighted by atomic mass is 10.0. The molecule has 3 heterocycles. The van der Waals surface area contributed by atoms with Gasteiger partial charge in [0.15, 0.2) is 5.79 Å². The van der Waals surface area contributed by atoms with E-state index in [0.717, 1.165) is 35.5 Å². The van der Waals surface area contributed by atoms with E-state index in [0.29, 0.717) is 32.2 Å². The van der Waals surface area contributed by atoms with Crippen LogP contribution in [0.3, 0.4) is 0 Å². The average Bonchev–Trinajstić information content (AvgIpc) is 3.26. The minimum Gasteiger partial charge on any atom is -0.347 e. The number of aryl methyl sites for hydroxylation is 1. The monoisotopic (exact) mass is 382 g/mol. The highest BCUT2D eigenvalue weighted by molar-refractivity contribution is 5.96. The van der Waals surface area contributed by atoms with Crippen LogP contribution < -0.4 is 0 Å². The molecule has 4 rings (SSSR count). The molecule has 2 aliphatic heterocycles. The molecular formula is C23H30N2O3. The van der Waals surface area contributed by atoms with Gasteiger partial charge >= 0.3 is 0 Å². The second-order valence-corrected chi connectivity index (χ2v) is 8.27. The maximum Gasteiger partial charge on any atom is 0.255 e. The molecule has 28 heavy (non-hydrogen) atoms. The Morgan fingerprint density at radius 2 is 1.75 bits per heavy atom. The van der Waals surface area contributed by atoms with E-state index < -0.39 is 5.79 Å². The zero-order valence-electron chi connectivity index (χ0n) is 17.3. The van der Waals surface area contributed by atoms with E-state index in [-0.39, 0.29) is 5.91 Å². The van der Waals surface area contributed by atoms with Crippen molar-refractivity contribution in [2.45, 2.75) is 52.2 Å². The number of amides is 1. The van der Waals surface area contributed by atoms with Crippen molar-refractivity contribution in [2.75, 3.05) is 26.3 Å². The standard InChI is InChI=1S/C23H30N2O3/c1-16(2)19-6-5-7-20(15-19)25-17(3)14-21(18(25)4)22(26)24-10-8-23(9-11-24)27-12-13-28-23/h5-7,14-16H,8-13H2,1-4H3. The molecule has 2 aromatic rings. The zero-order chi connectivity index (χ0) is 19.9. The van der Waals surface area contributed by atoms with Gasteiger partial charge in [0.2, 0.25) is 0 Å². The van der Waals surface area contributed by atoms with Crippen LogP contribution in [0.1, 0.15) is 59.9 Å². The van der Waals surface area contributed by atoms with Gasteiger partial charge in [-0.15, -0.1) is 0 Å². The smallest absolute Gasteiger partial charge is 0.255 e. The third kappa shape index (κ3) is 3.38. The van der Waals surface area contributed by atoms with E-state index in [2.05, 4.69) is 49.6 Å². The van der Waals surface area contributed by atoms with E-state index in [1.807, 2.05) is 17.9 Å². The van der Waals surface area contributed by atoms with Crippen LogP contribution in [0.5, 0.6) is 0 Å². The highest BCUT2D eigenvalue weighted by atomic mass is 16.7. The third-order valence-corrected chi connectivity index (χ3v) is 6.08. The van der Waals surface area contributed by atoms with Gasteiger partial charge in [0, 0.05) is 43.0 Å². The van der Waals surface area contributed by atoms with Crippen molar-refractivity contribution in [1.29, 1.82) is 0 Å². The normalized spacial score (nSPS) is 19.0. The summed E-state index contributed by atoms with van der Waals surface area (Å²) in [4.78, 5) is 15.2. The first kappa shape index (κ1) is 19.2. The van der Waals surface area contributed by atoms with Gasteiger partial charge in [-0.05, 0) is 43.5 Å². The van der Waals surface area contributed by atoms with Crippen molar-refractivity contribution >= 4 is 5.91 Å². The van der Waals surface area contributed by atoms with Gasteiger partial charge in [-0.1, -0.05) is 26.0 Å². The summed E-state index contributed by atoms with van der Waals surface area (Å²) in [7, 11) is 0. The number of likely N-dealkylation sites (tertiary alicyclic amines) is 1. The molecule has 5 heteroatoms. The Kier molecular flexibility index (Phi) is 5.06. The van der Waals surface area contributed by atoms with E-state index in [1.54, 1.807) is 0 Å².